The fourth-order valence-corrected chi connectivity index (χ4v) is 3.96. The average Bonchev–Trinajstić information content (AvgIpc) is 2.70. The lowest BCUT2D eigenvalue weighted by atomic mass is 9.68. The van der Waals surface area contributed by atoms with Crippen molar-refractivity contribution in [2.75, 3.05) is 13.7 Å². The van der Waals surface area contributed by atoms with Gasteiger partial charge < -0.3 is 15.8 Å². The molecule has 160 valence electrons. The first-order valence-electron chi connectivity index (χ1n) is 9.57. The zero-order valence-electron chi connectivity index (χ0n) is 16.9. The third-order valence-corrected chi connectivity index (χ3v) is 5.62. The number of carbonyl (C=O) groups is 1. The number of amides is 1. The largest absolute Gasteiger partial charge is 0.494 e. The topological polar surface area (TPSA) is 90.1 Å². The Labute approximate surface area is 184 Å². The van der Waals surface area contributed by atoms with Crippen molar-refractivity contribution in [3.05, 3.63) is 42.4 Å². The van der Waals surface area contributed by atoms with Gasteiger partial charge in [0.1, 0.15) is 5.75 Å². The van der Waals surface area contributed by atoms with Gasteiger partial charge in [-0.15, -0.1) is 24.8 Å². The van der Waals surface area contributed by atoms with E-state index < -0.39 is 5.41 Å². The Hall–Kier alpha value is -1.89. The summed E-state index contributed by atoms with van der Waals surface area (Å²) in [6.07, 6.45) is 9.13. The van der Waals surface area contributed by atoms with E-state index in [2.05, 4.69) is 21.4 Å². The molecule has 1 aliphatic carbocycles. The number of carbonyl (C=O) groups excluding carboxylic acids is 1. The number of rotatable bonds is 7. The molecule has 1 aliphatic rings. The highest BCUT2D eigenvalue weighted by Crippen LogP contribution is 2.41. The maximum absolute atomic E-state index is 12.4. The van der Waals surface area contributed by atoms with E-state index in [1.54, 1.807) is 18.6 Å². The molecule has 0 unspecified atom stereocenters. The van der Waals surface area contributed by atoms with E-state index in [-0.39, 0.29) is 30.7 Å². The van der Waals surface area contributed by atoms with Crippen LogP contribution in [0.5, 0.6) is 5.75 Å². The van der Waals surface area contributed by atoms with Gasteiger partial charge in [0, 0.05) is 24.0 Å². The van der Waals surface area contributed by atoms with Crippen molar-refractivity contribution in [2.45, 2.75) is 45.1 Å². The molecule has 2 aromatic rings. The third-order valence-electron chi connectivity index (χ3n) is 5.62. The molecule has 1 amide bonds. The molecule has 0 saturated heterocycles. The number of halogens is 2. The van der Waals surface area contributed by atoms with E-state index in [9.17, 15) is 4.79 Å². The lowest BCUT2D eigenvalue weighted by molar-refractivity contribution is -0.129. The van der Waals surface area contributed by atoms with Crippen LogP contribution in [0.3, 0.4) is 0 Å². The molecule has 0 radical (unpaired) electrons. The van der Waals surface area contributed by atoms with Crippen LogP contribution < -0.4 is 15.8 Å². The monoisotopic (exact) mass is 440 g/mol. The smallest absolute Gasteiger partial charge is 0.223 e. The second kappa shape index (κ2) is 11.3. The summed E-state index contributed by atoms with van der Waals surface area (Å²) in [6, 6.07) is 6.45. The lowest BCUT2D eigenvalue weighted by Crippen LogP contribution is -2.45. The molecule has 1 heterocycles. The summed E-state index contributed by atoms with van der Waals surface area (Å²) in [5.41, 5.74) is 8.12. The zero-order valence-corrected chi connectivity index (χ0v) is 18.5. The first kappa shape index (κ1) is 25.1. The van der Waals surface area contributed by atoms with Crippen molar-refractivity contribution < 1.29 is 9.53 Å². The zero-order chi connectivity index (χ0) is 19.3. The molecule has 1 aromatic heterocycles. The number of benzene rings is 1. The van der Waals surface area contributed by atoms with Crippen LogP contribution in [-0.2, 0) is 11.2 Å². The Bertz CT molecular complexity index is 782. The van der Waals surface area contributed by atoms with Gasteiger partial charge in [-0.3, -0.25) is 14.8 Å². The maximum atomic E-state index is 12.4. The van der Waals surface area contributed by atoms with Gasteiger partial charge in [0.15, 0.2) is 0 Å². The Morgan fingerprint density at radius 1 is 1.28 bits per heavy atom. The summed E-state index contributed by atoms with van der Waals surface area (Å²) in [4.78, 5) is 21.0. The number of hydrogen-bond acceptors (Lipinski definition) is 5. The Morgan fingerprint density at radius 2 is 2.00 bits per heavy atom. The van der Waals surface area contributed by atoms with Crippen LogP contribution in [0.4, 0.5) is 0 Å². The number of nitrogens with one attached hydrogen (secondary N) is 1. The van der Waals surface area contributed by atoms with Crippen molar-refractivity contribution >= 4 is 30.7 Å². The van der Waals surface area contributed by atoms with E-state index in [1.165, 1.54) is 0 Å². The van der Waals surface area contributed by atoms with Crippen molar-refractivity contribution in [1.29, 1.82) is 0 Å². The van der Waals surface area contributed by atoms with E-state index >= 15 is 0 Å². The highest BCUT2D eigenvalue weighted by Gasteiger charge is 2.40. The van der Waals surface area contributed by atoms with E-state index in [1.807, 2.05) is 26.1 Å². The van der Waals surface area contributed by atoms with E-state index in [4.69, 9.17) is 10.5 Å². The normalized spacial score (nSPS) is 20.8. The van der Waals surface area contributed by atoms with Crippen LogP contribution in [0.2, 0.25) is 0 Å². The third kappa shape index (κ3) is 5.81. The summed E-state index contributed by atoms with van der Waals surface area (Å²) in [6.45, 7) is 2.53. The Morgan fingerprint density at radius 3 is 2.55 bits per heavy atom. The number of ether oxygens (including phenoxy) is 1. The minimum atomic E-state index is -0.528. The van der Waals surface area contributed by atoms with E-state index in [0.717, 1.165) is 48.3 Å². The van der Waals surface area contributed by atoms with Gasteiger partial charge in [0.25, 0.3) is 0 Å². The fraction of sp³-hybridized carbons (Fsp3) is 0.476. The molecule has 0 atom stereocenters. The minimum Gasteiger partial charge on any atom is -0.494 e. The second-order valence-electron chi connectivity index (χ2n) is 7.23. The summed E-state index contributed by atoms with van der Waals surface area (Å²) in [5, 5.41) is 3.31. The van der Waals surface area contributed by atoms with E-state index in [0.29, 0.717) is 19.1 Å². The lowest BCUT2D eigenvalue weighted by Gasteiger charge is -2.38. The molecular formula is C21H30Cl2N4O2. The van der Waals surface area contributed by atoms with Crippen LogP contribution in [0, 0.1) is 5.41 Å². The SMILES string of the molecule is CCOc1ccc(-c2cnccn2)cc1CC1(C(N)=O)CCC(NC)CC1.Cl.Cl. The maximum Gasteiger partial charge on any atom is 0.223 e. The molecule has 6 nitrogen and oxygen atoms in total. The second-order valence-corrected chi connectivity index (χ2v) is 7.23. The van der Waals surface area contributed by atoms with Crippen molar-refractivity contribution in [3.8, 4) is 17.0 Å². The van der Waals surface area contributed by atoms with Crippen LogP contribution in [0.15, 0.2) is 36.8 Å². The van der Waals surface area contributed by atoms with Gasteiger partial charge in [-0.05, 0) is 69.8 Å². The van der Waals surface area contributed by atoms with Crippen molar-refractivity contribution in [1.82, 2.24) is 15.3 Å². The van der Waals surface area contributed by atoms with Gasteiger partial charge >= 0.3 is 0 Å². The Kier molecular flexibility index (Phi) is 9.83. The van der Waals surface area contributed by atoms with Gasteiger partial charge in [-0.1, -0.05) is 0 Å². The fourth-order valence-electron chi connectivity index (χ4n) is 3.96. The van der Waals surface area contributed by atoms with Gasteiger partial charge in [0.2, 0.25) is 5.91 Å². The highest BCUT2D eigenvalue weighted by atomic mass is 35.5. The molecule has 1 aromatic carbocycles. The highest BCUT2D eigenvalue weighted by molar-refractivity contribution is 5.85. The predicted molar refractivity (Wildman–Crippen MR) is 120 cm³/mol. The van der Waals surface area contributed by atoms with Crippen LogP contribution >= 0.6 is 24.8 Å². The molecule has 0 aliphatic heterocycles. The molecule has 1 fully saturated rings. The number of nitrogens with zero attached hydrogens (tertiary/aromatic N) is 2. The standard InChI is InChI=1S/C21H28N4O2.2ClH/c1-3-27-19-5-4-15(18-14-24-10-11-25-18)12-16(19)13-21(20(22)26)8-6-17(23-2)7-9-21;;/h4-5,10-12,14,17,23H,3,6-9,13H2,1-2H3,(H2,22,26);2*1H. The van der Waals surface area contributed by atoms with Crippen LogP contribution in [0.25, 0.3) is 11.3 Å². The summed E-state index contributed by atoms with van der Waals surface area (Å²) in [7, 11) is 1.97. The quantitative estimate of drug-likeness (QED) is 0.686. The summed E-state index contributed by atoms with van der Waals surface area (Å²) >= 11 is 0. The molecule has 3 N–H and O–H groups in total. The number of primary amides is 1. The number of nitrogens with two attached hydrogens (primary N) is 1. The first-order valence-corrected chi connectivity index (χ1v) is 9.57. The molecule has 0 bridgehead atoms. The van der Waals surface area contributed by atoms with Crippen molar-refractivity contribution in [2.24, 2.45) is 11.1 Å². The Balaban J connectivity index is 0.00000210. The van der Waals surface area contributed by atoms with Crippen LogP contribution in [0.1, 0.15) is 38.2 Å². The number of aromatic nitrogens is 2. The summed E-state index contributed by atoms with van der Waals surface area (Å²) < 4.78 is 5.84. The predicted octanol–water partition coefficient (Wildman–Crippen LogP) is 3.56. The molecule has 0 spiro atoms. The molecular weight excluding hydrogens is 411 g/mol. The van der Waals surface area contributed by atoms with Gasteiger partial charge in [-0.2, -0.15) is 0 Å². The molecule has 3 rings (SSSR count). The molecule has 1 saturated carbocycles. The molecule has 8 heteroatoms. The summed E-state index contributed by atoms with van der Waals surface area (Å²) in [5.74, 6) is 0.589. The van der Waals surface area contributed by atoms with Gasteiger partial charge in [-0.25, -0.2) is 0 Å². The average molecular weight is 441 g/mol. The first-order chi connectivity index (χ1) is 13.1. The molecule has 29 heavy (non-hydrogen) atoms. The number of hydrogen-bond donors (Lipinski definition) is 2. The minimum absolute atomic E-state index is 0. The van der Waals surface area contributed by atoms with Gasteiger partial charge in [0.05, 0.1) is 23.9 Å². The van der Waals surface area contributed by atoms with Crippen LogP contribution in [-0.4, -0.2) is 35.6 Å². The van der Waals surface area contributed by atoms with Crippen molar-refractivity contribution in [3.63, 3.8) is 0 Å².